The molecule has 0 fully saturated rings. The molecule has 0 N–H and O–H groups in total. The molecule has 1 atom stereocenters. The van der Waals surface area contributed by atoms with Crippen molar-refractivity contribution in [2.75, 3.05) is 26.9 Å². The fourth-order valence-electron chi connectivity index (χ4n) is 5.00. The minimum Gasteiger partial charge on any atom is -0.490 e. The highest BCUT2D eigenvalue weighted by Crippen LogP contribution is 2.36. The van der Waals surface area contributed by atoms with Gasteiger partial charge in [0.25, 0.3) is 5.56 Å². The molecule has 2 heterocycles. The largest absolute Gasteiger partial charge is 0.490 e. The number of hydrogen-bond acceptors (Lipinski definition) is 10. The average molecular weight is 803 g/mol. The van der Waals surface area contributed by atoms with Crippen LogP contribution >= 0.6 is 45.5 Å². The van der Waals surface area contributed by atoms with Crippen molar-refractivity contribution in [2.24, 2.45) is 4.99 Å². The van der Waals surface area contributed by atoms with Gasteiger partial charge >= 0.3 is 11.9 Å². The molecule has 0 unspecified atom stereocenters. The van der Waals surface area contributed by atoms with E-state index in [1.165, 1.54) is 23.0 Å². The summed E-state index contributed by atoms with van der Waals surface area (Å²) in [5.74, 6) is 0.235. The molecule has 0 radical (unpaired) electrons. The monoisotopic (exact) mass is 802 g/mol. The first-order valence-electron chi connectivity index (χ1n) is 15.0. The standard InChI is InChI=1S/C35H32ClIN2O8S/c1-5-44-28-17-23(10-14-27(28)47-19-30(40)43-4)32-31(34(42)45-6-2)20(3)38-35-39(32)33(41)29(48-35)16-22-9-13-26(25(37)15-22)46-18-21-7-11-24(36)12-8-21/h7-17,32H,5-6,18-19H2,1-4H3/b29-16-/t32-/m1/s1. The van der Waals surface area contributed by atoms with Crippen LogP contribution in [0.15, 0.2) is 81.7 Å². The van der Waals surface area contributed by atoms with Crippen LogP contribution in [0.3, 0.4) is 0 Å². The van der Waals surface area contributed by atoms with Gasteiger partial charge in [-0.3, -0.25) is 9.36 Å². The molecule has 1 aliphatic rings. The fourth-order valence-corrected chi connectivity index (χ4v) is 6.87. The zero-order valence-electron chi connectivity index (χ0n) is 26.6. The van der Waals surface area contributed by atoms with Crippen molar-refractivity contribution in [2.45, 2.75) is 33.4 Å². The summed E-state index contributed by atoms with van der Waals surface area (Å²) in [5.41, 5.74) is 2.71. The first-order valence-corrected chi connectivity index (χ1v) is 17.2. The summed E-state index contributed by atoms with van der Waals surface area (Å²) in [7, 11) is 1.27. The molecule has 0 saturated heterocycles. The number of methoxy groups -OCH3 is 1. The number of esters is 2. The van der Waals surface area contributed by atoms with Gasteiger partial charge in [0.15, 0.2) is 22.9 Å². The maximum absolute atomic E-state index is 14.1. The highest BCUT2D eigenvalue weighted by atomic mass is 127. The van der Waals surface area contributed by atoms with Crippen molar-refractivity contribution >= 4 is 63.5 Å². The van der Waals surface area contributed by atoms with Gasteiger partial charge in [0.05, 0.1) is 45.7 Å². The van der Waals surface area contributed by atoms with E-state index in [4.69, 9.17) is 30.5 Å². The average Bonchev–Trinajstić information content (AvgIpc) is 3.37. The summed E-state index contributed by atoms with van der Waals surface area (Å²) in [6, 6.07) is 17.3. The third kappa shape index (κ3) is 7.93. The van der Waals surface area contributed by atoms with Crippen molar-refractivity contribution in [3.05, 3.63) is 117 Å². The Morgan fingerprint density at radius 2 is 1.73 bits per heavy atom. The van der Waals surface area contributed by atoms with Crippen molar-refractivity contribution in [3.63, 3.8) is 0 Å². The Morgan fingerprint density at radius 3 is 2.42 bits per heavy atom. The first kappa shape index (κ1) is 35.2. The second kappa shape index (κ2) is 15.8. The maximum atomic E-state index is 14.1. The summed E-state index contributed by atoms with van der Waals surface area (Å²) in [5, 5.41) is 0.664. The topological polar surface area (TPSA) is 115 Å². The molecule has 1 aromatic heterocycles. The quantitative estimate of drug-likeness (QED) is 0.135. The number of allylic oxidation sites excluding steroid dienone is 1. The predicted octanol–water partition coefficient (Wildman–Crippen LogP) is 5.59. The second-order valence-electron chi connectivity index (χ2n) is 10.4. The number of ether oxygens (including phenoxy) is 5. The van der Waals surface area contributed by atoms with Gasteiger partial charge in [0, 0.05) is 5.02 Å². The zero-order chi connectivity index (χ0) is 34.4. The first-order chi connectivity index (χ1) is 23.1. The van der Waals surface area contributed by atoms with Crippen LogP contribution in [0.5, 0.6) is 17.2 Å². The molecule has 5 rings (SSSR count). The van der Waals surface area contributed by atoms with Gasteiger partial charge in [0.2, 0.25) is 0 Å². The third-order valence-corrected chi connectivity index (χ3v) is 9.31. The van der Waals surface area contributed by atoms with Crippen LogP contribution in [-0.4, -0.2) is 43.4 Å². The van der Waals surface area contributed by atoms with Gasteiger partial charge in [-0.05, 0) is 103 Å². The van der Waals surface area contributed by atoms with Crippen molar-refractivity contribution < 1.29 is 33.3 Å². The molecule has 10 nitrogen and oxygen atoms in total. The number of rotatable bonds is 12. The minimum atomic E-state index is -0.861. The summed E-state index contributed by atoms with van der Waals surface area (Å²) in [6.07, 6.45) is 1.80. The lowest BCUT2D eigenvalue weighted by molar-refractivity contribution is -0.143. The van der Waals surface area contributed by atoms with Crippen LogP contribution in [0.4, 0.5) is 0 Å². The number of benzene rings is 3. The van der Waals surface area contributed by atoms with E-state index >= 15 is 0 Å². The van der Waals surface area contributed by atoms with Crippen LogP contribution in [0.1, 0.15) is 43.5 Å². The Hall–Kier alpha value is -4.14. The highest BCUT2D eigenvalue weighted by Gasteiger charge is 2.34. The molecule has 0 bridgehead atoms. The zero-order valence-corrected chi connectivity index (χ0v) is 30.3. The van der Waals surface area contributed by atoms with Crippen LogP contribution in [0.2, 0.25) is 5.02 Å². The molecule has 3 aromatic carbocycles. The molecule has 1 aliphatic heterocycles. The molecular weight excluding hydrogens is 771 g/mol. The molecule has 4 aromatic rings. The molecule has 0 amide bonds. The van der Waals surface area contributed by atoms with Crippen molar-refractivity contribution in [1.82, 2.24) is 4.57 Å². The van der Waals surface area contributed by atoms with Crippen molar-refractivity contribution in [1.29, 1.82) is 0 Å². The fraction of sp³-hybridized carbons (Fsp3) is 0.257. The van der Waals surface area contributed by atoms with Crippen LogP contribution in [-0.2, 0) is 25.7 Å². The van der Waals surface area contributed by atoms with Crippen LogP contribution in [0, 0.1) is 3.57 Å². The van der Waals surface area contributed by atoms with E-state index < -0.39 is 18.0 Å². The Kier molecular flexibility index (Phi) is 11.6. The van der Waals surface area contributed by atoms with Gasteiger partial charge in [0.1, 0.15) is 12.4 Å². The Bertz CT molecular complexity index is 2060. The summed E-state index contributed by atoms with van der Waals surface area (Å²) >= 11 is 9.42. The number of halogens is 2. The number of fused-ring (bicyclic) bond motifs is 1. The SMILES string of the molecule is CCOC(=O)C1=C(C)N=c2s/c(=C\c3ccc(OCc4ccc(Cl)cc4)c(I)c3)c(=O)n2[C@@H]1c1ccc(OCC(=O)OC)c(OCC)c1. The Morgan fingerprint density at radius 1 is 0.979 bits per heavy atom. The molecule has 48 heavy (non-hydrogen) atoms. The number of nitrogens with zero attached hydrogens (tertiary/aromatic N) is 2. The molecule has 250 valence electrons. The van der Waals surface area contributed by atoms with Gasteiger partial charge in [-0.2, -0.15) is 0 Å². The number of carbonyl (C=O) groups excluding carboxylic acids is 2. The molecule has 0 saturated carbocycles. The van der Waals surface area contributed by atoms with E-state index in [0.717, 1.165) is 14.7 Å². The van der Waals surface area contributed by atoms with E-state index in [-0.39, 0.29) is 24.3 Å². The van der Waals surface area contributed by atoms with E-state index in [1.807, 2.05) is 49.4 Å². The molecule has 0 spiro atoms. The summed E-state index contributed by atoms with van der Waals surface area (Å²) in [4.78, 5) is 44.3. The predicted molar refractivity (Wildman–Crippen MR) is 190 cm³/mol. The second-order valence-corrected chi connectivity index (χ2v) is 13.0. The van der Waals surface area contributed by atoms with E-state index in [2.05, 4.69) is 32.3 Å². The molecule has 0 aliphatic carbocycles. The Labute approximate surface area is 299 Å². The number of thiazole rings is 1. The van der Waals surface area contributed by atoms with Gasteiger partial charge in [-0.25, -0.2) is 14.6 Å². The van der Waals surface area contributed by atoms with E-state index in [0.29, 0.717) is 56.1 Å². The van der Waals surface area contributed by atoms with E-state index in [9.17, 15) is 14.4 Å². The highest BCUT2D eigenvalue weighted by molar-refractivity contribution is 14.1. The smallest absolute Gasteiger partial charge is 0.343 e. The molecular formula is C35H32ClIN2O8S. The third-order valence-electron chi connectivity index (χ3n) is 7.23. The number of hydrogen-bond donors (Lipinski definition) is 0. The number of aromatic nitrogens is 1. The summed E-state index contributed by atoms with van der Waals surface area (Å²) < 4.78 is 30.4. The van der Waals surface area contributed by atoms with Gasteiger partial charge in [-0.1, -0.05) is 47.2 Å². The lowest BCUT2D eigenvalue weighted by atomic mass is 9.95. The summed E-state index contributed by atoms with van der Waals surface area (Å²) in [6.45, 7) is 5.78. The van der Waals surface area contributed by atoms with Crippen LogP contribution in [0.25, 0.3) is 6.08 Å². The van der Waals surface area contributed by atoms with E-state index in [1.54, 1.807) is 38.1 Å². The van der Waals surface area contributed by atoms with Gasteiger partial charge in [-0.15, -0.1) is 0 Å². The normalized spacial score (nSPS) is 14.2. The van der Waals surface area contributed by atoms with Crippen LogP contribution < -0.4 is 29.1 Å². The molecule has 13 heteroatoms. The number of carbonyl (C=O) groups is 2. The Balaban J connectivity index is 1.54. The van der Waals surface area contributed by atoms with Gasteiger partial charge < -0.3 is 23.7 Å². The van der Waals surface area contributed by atoms with Crippen molar-refractivity contribution in [3.8, 4) is 17.2 Å². The minimum absolute atomic E-state index is 0.148. The lowest BCUT2D eigenvalue weighted by Crippen LogP contribution is -2.40. The maximum Gasteiger partial charge on any atom is 0.343 e. The lowest BCUT2D eigenvalue weighted by Gasteiger charge is -2.25.